The number of anilines is 1. The number of ketones is 1. The second-order valence-electron chi connectivity index (χ2n) is 6.79. The summed E-state index contributed by atoms with van der Waals surface area (Å²) in [6, 6.07) is 4.31. The molecule has 0 aliphatic heterocycles. The van der Waals surface area contributed by atoms with Gasteiger partial charge in [-0.15, -0.1) is 0 Å². The van der Waals surface area contributed by atoms with Gasteiger partial charge in [-0.3, -0.25) is 4.79 Å². The zero-order valence-corrected chi connectivity index (χ0v) is 18.0. The molecule has 0 aromatic heterocycles. The summed E-state index contributed by atoms with van der Waals surface area (Å²) in [6.45, 7) is -0.338. The van der Waals surface area contributed by atoms with Crippen LogP contribution >= 0.6 is 31.9 Å². The minimum absolute atomic E-state index is 0.229. The third kappa shape index (κ3) is 6.49. The van der Waals surface area contributed by atoms with Crippen LogP contribution in [0.25, 0.3) is 0 Å². The maximum atomic E-state index is 12.1. The predicted molar refractivity (Wildman–Crippen MR) is 110 cm³/mol. The smallest absolute Gasteiger partial charge is 0.182 e. The number of hydrogen-bond donors (Lipinski definition) is 6. The highest BCUT2D eigenvalue weighted by Crippen LogP contribution is 2.31. The molecule has 0 amide bonds. The fourth-order valence-electron chi connectivity index (χ4n) is 3.14. The molecule has 9 heteroatoms. The van der Waals surface area contributed by atoms with E-state index in [9.17, 15) is 20.1 Å². The average molecular weight is 510 g/mol. The second-order valence-corrected chi connectivity index (χ2v) is 8.56. The fourth-order valence-corrected chi connectivity index (χ4v) is 4.59. The molecule has 27 heavy (non-hydrogen) atoms. The van der Waals surface area contributed by atoms with Crippen molar-refractivity contribution in [2.45, 2.75) is 56.6 Å². The van der Waals surface area contributed by atoms with Crippen LogP contribution in [0.1, 0.15) is 31.2 Å². The molecular weight excluding hydrogens is 484 g/mol. The van der Waals surface area contributed by atoms with E-state index in [4.69, 9.17) is 5.11 Å². The molecule has 7 nitrogen and oxygen atoms in total. The molecule has 0 heterocycles. The Morgan fingerprint density at radius 3 is 2.48 bits per heavy atom. The van der Waals surface area contributed by atoms with E-state index < -0.39 is 30.7 Å². The molecule has 1 aliphatic carbocycles. The summed E-state index contributed by atoms with van der Waals surface area (Å²) in [5.41, 5.74) is 1.68. The van der Waals surface area contributed by atoms with E-state index in [1.165, 1.54) is 12.8 Å². The van der Waals surface area contributed by atoms with Gasteiger partial charge < -0.3 is 31.1 Å². The van der Waals surface area contributed by atoms with Gasteiger partial charge in [0, 0.05) is 21.5 Å². The lowest BCUT2D eigenvalue weighted by molar-refractivity contribution is -0.138. The number of nitrogens with one attached hydrogen (secondary N) is 2. The summed E-state index contributed by atoms with van der Waals surface area (Å²) >= 11 is 6.96. The molecule has 1 fully saturated rings. The van der Waals surface area contributed by atoms with Crippen molar-refractivity contribution in [2.24, 2.45) is 0 Å². The maximum Gasteiger partial charge on any atom is 0.182 e. The van der Waals surface area contributed by atoms with Crippen LogP contribution < -0.4 is 10.6 Å². The number of hydrogen-bond acceptors (Lipinski definition) is 7. The van der Waals surface area contributed by atoms with E-state index in [2.05, 4.69) is 42.5 Å². The van der Waals surface area contributed by atoms with Crippen molar-refractivity contribution < 1.29 is 25.2 Å². The number of aliphatic hydroxyl groups is 4. The molecule has 1 aromatic rings. The standard InChI is InChI=1S/C18H26Br2N2O5/c19-11-5-10(7-21-12-3-1-2-4-12)16(13(20)6-11)22-8-14(24)17(26)18(27)15(25)9-23/h5-6,12,15,17-18,21-23,25-27H,1-4,7-9H2/t15-,17-,18-/m1/s1. The van der Waals surface area contributed by atoms with Crippen LogP contribution in [0.2, 0.25) is 0 Å². The number of Topliss-reactive ketones (excluding diaryl/α,β-unsaturated/α-hetero) is 1. The van der Waals surface area contributed by atoms with E-state index >= 15 is 0 Å². The van der Waals surface area contributed by atoms with Gasteiger partial charge in [0.1, 0.15) is 18.3 Å². The Hall–Kier alpha value is -0.550. The highest BCUT2D eigenvalue weighted by Gasteiger charge is 2.29. The molecule has 6 N–H and O–H groups in total. The van der Waals surface area contributed by atoms with Gasteiger partial charge in [0.05, 0.1) is 18.8 Å². The quantitative estimate of drug-likeness (QED) is 0.281. The van der Waals surface area contributed by atoms with Crippen LogP contribution in [-0.2, 0) is 11.3 Å². The minimum atomic E-state index is -1.78. The average Bonchev–Trinajstić information content (AvgIpc) is 3.16. The first kappa shape index (κ1) is 22.7. The van der Waals surface area contributed by atoms with Crippen molar-refractivity contribution in [1.29, 1.82) is 0 Å². The largest absolute Gasteiger partial charge is 0.394 e. The summed E-state index contributed by atoms with van der Waals surface area (Å²) in [4.78, 5) is 12.1. The number of halogens is 2. The molecule has 0 spiro atoms. The van der Waals surface area contributed by atoms with Gasteiger partial charge in [-0.2, -0.15) is 0 Å². The number of carbonyl (C=O) groups is 1. The molecule has 3 atom stereocenters. The minimum Gasteiger partial charge on any atom is -0.394 e. The van der Waals surface area contributed by atoms with E-state index in [1.807, 2.05) is 12.1 Å². The lowest BCUT2D eigenvalue weighted by atomic mass is 10.0. The van der Waals surface area contributed by atoms with E-state index in [-0.39, 0.29) is 6.54 Å². The summed E-state index contributed by atoms with van der Waals surface area (Å²) < 4.78 is 1.66. The Morgan fingerprint density at radius 1 is 1.19 bits per heavy atom. The zero-order valence-electron chi connectivity index (χ0n) is 14.9. The predicted octanol–water partition coefficient (Wildman–Crippen LogP) is 1.30. The van der Waals surface area contributed by atoms with Gasteiger partial charge in [0.2, 0.25) is 0 Å². The van der Waals surface area contributed by atoms with Crippen LogP contribution in [0.3, 0.4) is 0 Å². The van der Waals surface area contributed by atoms with Crippen LogP contribution in [0, 0.1) is 0 Å². The summed E-state index contributed by atoms with van der Waals surface area (Å²) in [7, 11) is 0. The molecule has 1 aliphatic rings. The third-order valence-electron chi connectivity index (χ3n) is 4.75. The van der Waals surface area contributed by atoms with Gasteiger partial charge in [0.15, 0.2) is 5.78 Å². The normalized spacial score (nSPS) is 18.3. The first-order valence-corrected chi connectivity index (χ1v) is 10.5. The monoisotopic (exact) mass is 508 g/mol. The van der Waals surface area contributed by atoms with Crippen molar-refractivity contribution in [3.05, 3.63) is 26.6 Å². The Labute approximate surface area is 175 Å². The molecular formula is C18H26Br2N2O5. The van der Waals surface area contributed by atoms with Gasteiger partial charge >= 0.3 is 0 Å². The summed E-state index contributed by atoms with van der Waals surface area (Å²) in [5, 5.41) is 44.3. The van der Waals surface area contributed by atoms with Crippen molar-refractivity contribution in [1.82, 2.24) is 5.32 Å². The van der Waals surface area contributed by atoms with Crippen LogP contribution in [0.15, 0.2) is 21.1 Å². The van der Waals surface area contributed by atoms with Crippen molar-refractivity contribution in [3.8, 4) is 0 Å². The third-order valence-corrected chi connectivity index (χ3v) is 5.83. The van der Waals surface area contributed by atoms with Crippen LogP contribution in [-0.4, -0.2) is 63.7 Å². The topological polar surface area (TPSA) is 122 Å². The Morgan fingerprint density at radius 2 is 1.85 bits per heavy atom. The Bertz CT molecular complexity index is 640. The van der Waals surface area contributed by atoms with Gasteiger partial charge in [-0.1, -0.05) is 28.8 Å². The molecule has 0 radical (unpaired) electrons. The van der Waals surface area contributed by atoms with Crippen molar-refractivity contribution in [2.75, 3.05) is 18.5 Å². The highest BCUT2D eigenvalue weighted by molar-refractivity contribution is 9.11. The van der Waals surface area contributed by atoms with E-state index in [0.717, 1.165) is 33.0 Å². The van der Waals surface area contributed by atoms with Crippen molar-refractivity contribution in [3.63, 3.8) is 0 Å². The summed E-state index contributed by atoms with van der Waals surface area (Å²) in [6.07, 6.45) is -0.301. The van der Waals surface area contributed by atoms with Crippen LogP contribution in [0.4, 0.5) is 5.69 Å². The molecule has 0 unspecified atom stereocenters. The zero-order chi connectivity index (χ0) is 20.0. The number of carbonyl (C=O) groups excluding carboxylic acids is 1. The molecule has 1 aromatic carbocycles. The van der Waals surface area contributed by atoms with Crippen LogP contribution in [0.5, 0.6) is 0 Å². The van der Waals surface area contributed by atoms with Gasteiger partial charge in [0.25, 0.3) is 0 Å². The molecule has 0 saturated heterocycles. The highest BCUT2D eigenvalue weighted by atomic mass is 79.9. The van der Waals surface area contributed by atoms with E-state index in [0.29, 0.717) is 12.6 Å². The van der Waals surface area contributed by atoms with E-state index in [1.54, 1.807) is 0 Å². The lowest BCUT2D eigenvalue weighted by Crippen LogP contribution is -2.45. The summed E-state index contributed by atoms with van der Waals surface area (Å²) in [5.74, 6) is -0.681. The molecule has 2 rings (SSSR count). The Kier molecular flexibility index (Phi) is 9.13. The second kappa shape index (κ2) is 10.8. The SMILES string of the molecule is O=C(CNc1c(Br)cc(Br)cc1CNC1CCCC1)[C@@H](O)[C@H](O)[C@H](O)CO. The molecule has 1 saturated carbocycles. The first-order valence-electron chi connectivity index (χ1n) is 8.96. The Balaban J connectivity index is 2.02. The molecule has 0 bridgehead atoms. The fraction of sp³-hybridized carbons (Fsp3) is 0.611. The van der Waals surface area contributed by atoms with Crippen molar-refractivity contribution >= 4 is 43.3 Å². The number of aliphatic hydroxyl groups excluding tert-OH is 4. The van der Waals surface area contributed by atoms with Gasteiger partial charge in [-0.05, 0) is 46.5 Å². The first-order chi connectivity index (χ1) is 12.8. The van der Waals surface area contributed by atoms with Gasteiger partial charge in [-0.25, -0.2) is 0 Å². The molecule has 152 valence electrons. The lowest BCUT2D eigenvalue weighted by Gasteiger charge is -2.22. The maximum absolute atomic E-state index is 12.1. The number of benzene rings is 1. The number of rotatable bonds is 10.